The highest BCUT2D eigenvalue weighted by atomic mass is 32.2. The molecule has 0 unspecified atom stereocenters. The van der Waals surface area contributed by atoms with Gasteiger partial charge in [-0.2, -0.15) is 0 Å². The number of cyclic esters (lactones) is 2. The third kappa shape index (κ3) is 16.1. The van der Waals surface area contributed by atoms with Gasteiger partial charge in [-0.3, -0.25) is 24.1 Å². The monoisotopic (exact) mass is 1010 g/mol. The summed E-state index contributed by atoms with van der Waals surface area (Å²) in [4.78, 5) is 72.3. The van der Waals surface area contributed by atoms with E-state index in [-0.39, 0.29) is 64.9 Å². The van der Waals surface area contributed by atoms with Gasteiger partial charge >= 0.3 is 11.9 Å². The molecule has 2 aliphatic heterocycles. The summed E-state index contributed by atoms with van der Waals surface area (Å²) in [5.74, 6) is -4.42. The van der Waals surface area contributed by atoms with Crippen LogP contribution in [-0.4, -0.2) is 116 Å². The van der Waals surface area contributed by atoms with Gasteiger partial charge in [0.2, 0.25) is 11.8 Å². The van der Waals surface area contributed by atoms with E-state index < -0.39 is 78.9 Å². The van der Waals surface area contributed by atoms with Gasteiger partial charge in [-0.15, -0.1) is 0 Å². The molecule has 2 aliphatic rings. The van der Waals surface area contributed by atoms with Crippen molar-refractivity contribution in [2.75, 3.05) is 69.1 Å². The number of anilines is 2. The molecule has 69 heavy (non-hydrogen) atoms. The van der Waals surface area contributed by atoms with Crippen molar-refractivity contribution in [3.05, 3.63) is 106 Å². The molecule has 4 aromatic rings. The minimum atomic E-state index is -3.95. The van der Waals surface area contributed by atoms with Gasteiger partial charge in [-0.05, 0) is 80.5 Å². The zero-order chi connectivity index (χ0) is 55.1. The molecule has 0 saturated heterocycles. The molecular formula is C47H63N5O15S2. The zero-order valence-electron chi connectivity index (χ0n) is 43.2. The minimum absolute atomic E-state index is 0. The van der Waals surface area contributed by atoms with Crippen LogP contribution in [0.15, 0.2) is 72.8 Å². The summed E-state index contributed by atoms with van der Waals surface area (Å²) in [6.07, 6.45) is 1.92. The lowest BCUT2D eigenvalue weighted by molar-refractivity contribution is -0.115. The normalized spacial score (nSPS) is 14.6. The maximum Gasteiger partial charge on any atom is 0.349 e. The lowest BCUT2D eigenvalue weighted by atomic mass is 10.1. The van der Waals surface area contributed by atoms with Crippen LogP contribution in [0.4, 0.5) is 11.4 Å². The Morgan fingerprint density at radius 2 is 1.19 bits per heavy atom. The van der Waals surface area contributed by atoms with E-state index in [2.05, 4.69) is 21.1 Å². The average molecular weight is 1010 g/mol. The molecule has 0 bridgehead atoms. The van der Waals surface area contributed by atoms with E-state index in [0.717, 1.165) is 12.5 Å². The number of fused-ring (bicyclic) bond motifs is 2. The smallest absolute Gasteiger partial charge is 0.349 e. The maximum atomic E-state index is 13.5. The van der Waals surface area contributed by atoms with Crippen molar-refractivity contribution < 1.29 is 74.8 Å². The summed E-state index contributed by atoms with van der Waals surface area (Å²) >= 11 is 0. The van der Waals surface area contributed by atoms with Crippen LogP contribution < -0.4 is 41.0 Å². The number of benzene rings is 4. The predicted molar refractivity (Wildman–Crippen MR) is 263 cm³/mol. The summed E-state index contributed by atoms with van der Waals surface area (Å²) in [7, 11) is -1.69. The molecule has 0 aromatic heterocycles. The van der Waals surface area contributed by atoms with Gasteiger partial charge in [0.1, 0.15) is 19.7 Å². The lowest BCUT2D eigenvalue weighted by Gasteiger charge is -2.27. The Labute approximate surface area is 409 Å². The molecule has 0 saturated carbocycles. The van der Waals surface area contributed by atoms with Crippen molar-refractivity contribution in [2.24, 2.45) is 11.5 Å². The first-order valence-electron chi connectivity index (χ1n) is 22.4. The van der Waals surface area contributed by atoms with Crippen LogP contribution in [0.3, 0.4) is 0 Å². The summed E-state index contributed by atoms with van der Waals surface area (Å²) < 4.78 is 104. The van der Waals surface area contributed by atoms with Crippen LogP contribution in [0.25, 0.3) is 0 Å². The fourth-order valence-electron chi connectivity index (χ4n) is 6.31. The number of nitrogens with two attached hydrogens (primary N) is 2. The number of imide groups is 1. The van der Waals surface area contributed by atoms with Crippen LogP contribution >= 0.6 is 0 Å². The predicted octanol–water partition coefficient (Wildman–Crippen LogP) is 5.38. The molecule has 0 spiro atoms. The summed E-state index contributed by atoms with van der Waals surface area (Å²) in [5, 5.41) is 4.94. The molecule has 4 amide bonds. The largest absolute Gasteiger partial charge is 0.493 e. The molecule has 6 N–H and O–H groups in total. The molecular weight excluding hydrogens is 939 g/mol. The molecule has 2 atom stereocenters. The Morgan fingerprint density at radius 1 is 0.710 bits per heavy atom. The molecule has 6 rings (SSSR count). The molecule has 2 heterocycles. The number of hydrogen-bond donors (Lipinski definition) is 4. The van der Waals surface area contributed by atoms with Crippen molar-refractivity contribution in [1.82, 2.24) is 4.90 Å². The Morgan fingerprint density at radius 3 is 1.68 bits per heavy atom. The quantitative estimate of drug-likeness (QED) is 0.0661. The van der Waals surface area contributed by atoms with Gasteiger partial charge < -0.3 is 45.8 Å². The van der Waals surface area contributed by atoms with Crippen LogP contribution in [0.1, 0.15) is 113 Å². The third-order valence-corrected chi connectivity index (χ3v) is 10.5. The van der Waals surface area contributed by atoms with Crippen molar-refractivity contribution in [2.45, 2.75) is 54.6 Å². The Hall–Kier alpha value is -6.88. The molecule has 0 radical (unpaired) electrons. The highest BCUT2D eigenvalue weighted by Gasteiger charge is 2.43. The lowest BCUT2D eigenvalue weighted by Crippen LogP contribution is -2.37. The van der Waals surface area contributed by atoms with Crippen molar-refractivity contribution in [3.8, 4) is 23.0 Å². The second-order valence-corrected chi connectivity index (χ2v) is 18.3. The molecule has 4 aromatic carbocycles. The molecule has 0 fully saturated rings. The number of amides is 4. The van der Waals surface area contributed by atoms with Gasteiger partial charge in [0.15, 0.2) is 23.0 Å². The van der Waals surface area contributed by atoms with Gasteiger partial charge in [-0.1, -0.05) is 39.1 Å². The van der Waals surface area contributed by atoms with E-state index in [1.807, 2.05) is 6.92 Å². The highest BCUT2D eigenvalue weighted by Crippen LogP contribution is 2.39. The van der Waals surface area contributed by atoms with Gasteiger partial charge in [0.25, 0.3) is 11.8 Å². The van der Waals surface area contributed by atoms with Gasteiger partial charge in [-0.25, -0.2) is 26.4 Å². The third-order valence-electron chi connectivity index (χ3n) is 8.82. The molecule has 22 heteroatoms. The Kier molecular flexibility index (Phi) is 20.5. The van der Waals surface area contributed by atoms with Crippen LogP contribution in [-0.2, 0) is 34.0 Å². The van der Waals surface area contributed by atoms with E-state index in [9.17, 15) is 45.6 Å². The standard InChI is InChI=1S/C22H24N2O7S.C12H19NO4S.C10H7NO4.CH5N.2CH4/c1-5-31-19-11-14(9-10-18(19)30-3)17(12-32(4,28)29)24-21(26)15-7-6-8-16(23-13(2)25)20(15)22(24)27;1-4-17-12-7-9(5-6-11(12)16-2)10(13)8-18(3,14)15;1-5(12)11-7-4-2-3-6-8(7)10(14)15-9(6)13;1-2;;/h6-11,17H,5,12H2,1-4H3,(H,23,25);5-7,10H,4,8,13H2,1-3H3;2-4H,1H3,(H,11,12);2H2,1H3;2*1H4/t17-;10-;;;;/m11..../s1/i11D,17D;10D;;;1D;. The van der Waals surface area contributed by atoms with Crippen molar-refractivity contribution in [3.63, 3.8) is 0 Å². The van der Waals surface area contributed by atoms with Gasteiger partial charge in [0, 0.05) is 33.7 Å². The van der Waals surface area contributed by atoms with Crippen molar-refractivity contribution >= 4 is 66.6 Å². The maximum absolute atomic E-state index is 13.5. The fraction of sp³-hybridized carbons (Fsp3) is 0.362. The number of nitrogens with one attached hydrogen (secondary N) is 2. The SMILES string of the molecule is C.CC(=O)Nc1cccc2c1C(=O)OC2=O.CN.[2H]C.[2H][C@@](N)(CS(C)(=O)=O)c1ccc(OC)c(OCC)c1.[2H]c1c([C@@]([2H])(CS(C)(=O)=O)N2C(=O)c3cccc(NC(C)=O)c3C2=O)ccc(OC)c1OCC. The topological polar surface area (TPSA) is 296 Å². The van der Waals surface area contributed by atoms with Crippen LogP contribution in [0.2, 0.25) is 0 Å². The van der Waals surface area contributed by atoms with Crippen molar-refractivity contribution in [1.29, 1.82) is 0 Å². The van der Waals surface area contributed by atoms with Gasteiger partial charge in [0.05, 0.1) is 82.7 Å². The minimum Gasteiger partial charge on any atom is -0.493 e. The zero-order valence-corrected chi connectivity index (χ0v) is 40.9. The Bertz CT molecular complexity index is 2910. The number of hydrogen-bond acceptors (Lipinski definition) is 17. The second-order valence-electron chi connectivity index (χ2n) is 14.1. The van der Waals surface area contributed by atoms with Crippen LogP contribution in [0, 0.1) is 0 Å². The number of ether oxygens (including phenoxy) is 5. The summed E-state index contributed by atoms with van der Waals surface area (Å²) in [5.41, 5.74) is 10.8. The number of nitrogens with zero attached hydrogens (tertiary/aromatic N) is 1. The summed E-state index contributed by atoms with van der Waals surface area (Å²) in [6.45, 7) is 6.62. The van der Waals surface area contributed by atoms with E-state index in [4.69, 9.17) is 30.2 Å². The first-order chi connectivity index (χ1) is 33.6. The number of carbonyl (C=O) groups excluding carboxylic acids is 6. The average Bonchev–Trinajstić information content (AvgIpc) is 3.74. The number of sulfone groups is 2. The van der Waals surface area contributed by atoms with E-state index >= 15 is 0 Å². The molecule has 378 valence electrons. The van der Waals surface area contributed by atoms with E-state index in [1.54, 1.807) is 37.3 Å². The number of carbonyl (C=O) groups is 6. The first-order valence-corrected chi connectivity index (χ1v) is 24.1. The molecule has 0 aliphatic carbocycles. The highest BCUT2D eigenvalue weighted by molar-refractivity contribution is 7.90. The van der Waals surface area contributed by atoms with E-state index in [0.29, 0.717) is 34.3 Å². The number of esters is 2. The van der Waals surface area contributed by atoms with E-state index in [1.165, 1.54) is 78.9 Å². The second kappa shape index (κ2) is 26.6. The Balaban J connectivity index is 0.000000576. The fourth-order valence-corrected chi connectivity index (χ4v) is 7.83. The van der Waals surface area contributed by atoms with Crippen LogP contribution in [0.5, 0.6) is 23.0 Å². The number of rotatable bonds is 15. The first kappa shape index (κ1) is 53.1. The summed E-state index contributed by atoms with van der Waals surface area (Å²) in [6, 6.07) is 11.6. The molecule has 20 nitrogen and oxygen atoms in total. The number of methoxy groups -OCH3 is 2.